The van der Waals surface area contributed by atoms with E-state index >= 15 is 0 Å². The molecule has 0 spiro atoms. The Bertz CT molecular complexity index is 585. The summed E-state index contributed by atoms with van der Waals surface area (Å²) in [6.07, 6.45) is 5.09. The second-order valence-corrected chi connectivity index (χ2v) is 6.70. The molecule has 1 saturated carbocycles. The van der Waals surface area contributed by atoms with Crippen LogP contribution in [0, 0.1) is 5.41 Å². The molecule has 3 heteroatoms. The molecule has 1 aromatic heterocycles. The maximum absolute atomic E-state index is 6.11. The summed E-state index contributed by atoms with van der Waals surface area (Å²) in [7, 11) is 0. The van der Waals surface area contributed by atoms with Gasteiger partial charge >= 0.3 is 0 Å². The Kier molecular flexibility index (Phi) is 3.30. The third-order valence-electron chi connectivity index (χ3n) is 4.33. The molecule has 1 heterocycles. The molecule has 0 bridgehead atoms. The second-order valence-electron chi connectivity index (χ2n) is 6.43. The third kappa shape index (κ3) is 2.38. The minimum Gasteiger partial charge on any atom is -0.324 e. The molecule has 0 aliphatic heterocycles. The maximum Gasteiger partial charge on any atom is 0.125 e. The zero-order chi connectivity index (χ0) is 13.5. The molecule has 102 valence electrons. The Labute approximate surface area is 119 Å². The van der Waals surface area contributed by atoms with Crippen LogP contribution >= 0.6 is 11.6 Å². The van der Waals surface area contributed by atoms with Gasteiger partial charge in [-0.05, 0) is 36.8 Å². The Morgan fingerprint density at radius 2 is 2.16 bits per heavy atom. The molecule has 3 rings (SSSR count). The highest BCUT2D eigenvalue weighted by Gasteiger charge is 2.30. The van der Waals surface area contributed by atoms with E-state index in [0.29, 0.717) is 17.3 Å². The van der Waals surface area contributed by atoms with E-state index in [0.717, 1.165) is 11.3 Å². The minimum absolute atomic E-state index is 0.428. The number of hydrogen-bond acceptors (Lipinski definition) is 1. The number of para-hydroxylation sites is 2. The molecule has 19 heavy (non-hydrogen) atoms. The molecule has 1 fully saturated rings. The van der Waals surface area contributed by atoms with Crippen LogP contribution in [0.2, 0.25) is 0 Å². The lowest BCUT2D eigenvalue weighted by Gasteiger charge is -2.36. The van der Waals surface area contributed by atoms with Gasteiger partial charge in [-0.1, -0.05) is 32.4 Å². The topological polar surface area (TPSA) is 17.8 Å². The van der Waals surface area contributed by atoms with E-state index in [4.69, 9.17) is 11.6 Å². The largest absolute Gasteiger partial charge is 0.324 e. The van der Waals surface area contributed by atoms with E-state index in [1.807, 2.05) is 6.07 Å². The predicted octanol–water partition coefficient (Wildman–Crippen LogP) is 4.92. The fourth-order valence-electron chi connectivity index (χ4n) is 3.47. The molecule has 2 aromatic rings. The molecule has 1 atom stereocenters. The summed E-state index contributed by atoms with van der Waals surface area (Å²) in [5.41, 5.74) is 2.74. The second kappa shape index (κ2) is 4.82. The van der Waals surface area contributed by atoms with Crippen LogP contribution in [0.3, 0.4) is 0 Å². The van der Waals surface area contributed by atoms with E-state index in [1.165, 1.54) is 31.2 Å². The summed E-state index contributed by atoms with van der Waals surface area (Å²) in [5.74, 6) is 1.51. The number of aromatic nitrogens is 2. The van der Waals surface area contributed by atoms with Gasteiger partial charge in [0.1, 0.15) is 5.82 Å². The van der Waals surface area contributed by atoms with E-state index in [9.17, 15) is 0 Å². The summed E-state index contributed by atoms with van der Waals surface area (Å²) in [6.45, 7) is 4.75. The first-order valence-electron chi connectivity index (χ1n) is 7.12. The van der Waals surface area contributed by atoms with Gasteiger partial charge in [0.25, 0.3) is 0 Å². The average Bonchev–Trinajstić information content (AvgIpc) is 2.75. The fraction of sp³-hybridized carbons (Fsp3) is 0.562. The van der Waals surface area contributed by atoms with Crippen LogP contribution in [0.1, 0.15) is 51.4 Å². The molecular formula is C16H21ClN2. The smallest absolute Gasteiger partial charge is 0.125 e. The first kappa shape index (κ1) is 13.0. The fourth-order valence-corrected chi connectivity index (χ4v) is 3.66. The van der Waals surface area contributed by atoms with E-state index in [2.05, 4.69) is 41.6 Å². The lowest BCUT2D eigenvalue weighted by molar-refractivity contribution is 0.184. The molecule has 1 aliphatic carbocycles. The lowest BCUT2D eigenvalue weighted by atomic mass is 9.75. The zero-order valence-corrected chi connectivity index (χ0v) is 12.5. The van der Waals surface area contributed by atoms with Crippen LogP contribution in [-0.2, 0) is 5.88 Å². The van der Waals surface area contributed by atoms with Crippen molar-refractivity contribution in [1.29, 1.82) is 0 Å². The molecule has 1 aromatic carbocycles. The molecule has 0 saturated heterocycles. The van der Waals surface area contributed by atoms with Crippen LogP contribution in [0.4, 0.5) is 0 Å². The molecule has 1 unspecified atom stereocenters. The van der Waals surface area contributed by atoms with Crippen LogP contribution < -0.4 is 0 Å². The van der Waals surface area contributed by atoms with Crippen molar-refractivity contribution in [2.24, 2.45) is 5.41 Å². The van der Waals surface area contributed by atoms with Gasteiger partial charge in [-0.2, -0.15) is 0 Å². The number of benzene rings is 1. The predicted molar refractivity (Wildman–Crippen MR) is 80.6 cm³/mol. The highest BCUT2D eigenvalue weighted by Crippen LogP contribution is 2.42. The van der Waals surface area contributed by atoms with Gasteiger partial charge < -0.3 is 4.57 Å². The van der Waals surface area contributed by atoms with Crippen LogP contribution in [0.5, 0.6) is 0 Å². The van der Waals surface area contributed by atoms with Crippen LogP contribution in [-0.4, -0.2) is 9.55 Å². The number of alkyl halides is 1. The summed E-state index contributed by atoms with van der Waals surface area (Å²) >= 11 is 6.11. The molecule has 1 aliphatic rings. The van der Waals surface area contributed by atoms with Crippen molar-refractivity contribution >= 4 is 22.6 Å². The highest BCUT2D eigenvalue weighted by atomic mass is 35.5. The van der Waals surface area contributed by atoms with E-state index in [-0.39, 0.29) is 0 Å². The van der Waals surface area contributed by atoms with E-state index in [1.54, 1.807) is 0 Å². The highest BCUT2D eigenvalue weighted by molar-refractivity contribution is 6.16. The Morgan fingerprint density at radius 3 is 2.89 bits per heavy atom. The van der Waals surface area contributed by atoms with Gasteiger partial charge in [-0.15, -0.1) is 11.6 Å². The number of fused-ring (bicyclic) bond motifs is 1. The van der Waals surface area contributed by atoms with Crippen molar-refractivity contribution in [2.75, 3.05) is 0 Å². The molecule has 0 N–H and O–H groups in total. The number of imidazole rings is 1. The Hall–Kier alpha value is -1.02. The molecule has 2 nitrogen and oxygen atoms in total. The van der Waals surface area contributed by atoms with Crippen molar-refractivity contribution in [3.63, 3.8) is 0 Å². The normalized spacial score (nSPS) is 22.8. The number of nitrogens with zero attached hydrogens (tertiary/aromatic N) is 2. The molecule has 0 radical (unpaired) electrons. The summed E-state index contributed by atoms with van der Waals surface area (Å²) in [5, 5.41) is 0. The SMILES string of the molecule is CC1(C)CCCC(n2c(CCl)nc3ccccc32)C1. The van der Waals surface area contributed by atoms with Gasteiger partial charge in [0.05, 0.1) is 16.9 Å². The van der Waals surface area contributed by atoms with Gasteiger partial charge in [-0.25, -0.2) is 4.98 Å². The summed E-state index contributed by atoms with van der Waals surface area (Å²) < 4.78 is 2.39. The van der Waals surface area contributed by atoms with Gasteiger partial charge in [0.2, 0.25) is 0 Å². The zero-order valence-electron chi connectivity index (χ0n) is 11.7. The Balaban J connectivity index is 2.08. The number of rotatable bonds is 2. The maximum atomic E-state index is 6.11. The van der Waals surface area contributed by atoms with E-state index < -0.39 is 0 Å². The van der Waals surface area contributed by atoms with Gasteiger partial charge in [0, 0.05) is 6.04 Å². The van der Waals surface area contributed by atoms with Crippen molar-refractivity contribution < 1.29 is 0 Å². The van der Waals surface area contributed by atoms with Crippen LogP contribution in [0.25, 0.3) is 11.0 Å². The molecule has 0 amide bonds. The van der Waals surface area contributed by atoms with Crippen molar-refractivity contribution in [3.05, 3.63) is 30.1 Å². The summed E-state index contributed by atoms with van der Waals surface area (Å²) in [6, 6.07) is 8.93. The third-order valence-corrected chi connectivity index (χ3v) is 4.57. The molecular weight excluding hydrogens is 256 g/mol. The minimum atomic E-state index is 0.428. The summed E-state index contributed by atoms with van der Waals surface area (Å²) in [4.78, 5) is 4.69. The first-order valence-corrected chi connectivity index (χ1v) is 7.66. The number of hydrogen-bond donors (Lipinski definition) is 0. The van der Waals surface area contributed by atoms with Crippen molar-refractivity contribution in [3.8, 4) is 0 Å². The van der Waals surface area contributed by atoms with Crippen molar-refractivity contribution in [1.82, 2.24) is 9.55 Å². The van der Waals surface area contributed by atoms with Crippen molar-refractivity contribution in [2.45, 2.75) is 51.5 Å². The first-order chi connectivity index (χ1) is 9.11. The van der Waals surface area contributed by atoms with Gasteiger partial charge in [0.15, 0.2) is 0 Å². The van der Waals surface area contributed by atoms with Crippen LogP contribution in [0.15, 0.2) is 24.3 Å². The monoisotopic (exact) mass is 276 g/mol. The number of halogens is 1. The standard InChI is InChI=1S/C16H21ClN2/c1-16(2)9-5-6-12(10-16)19-14-8-4-3-7-13(14)18-15(19)11-17/h3-4,7-8,12H,5-6,9-11H2,1-2H3. The van der Waals surface area contributed by atoms with Gasteiger partial charge in [-0.3, -0.25) is 0 Å². The average molecular weight is 277 g/mol. The Morgan fingerprint density at radius 1 is 1.37 bits per heavy atom. The quantitative estimate of drug-likeness (QED) is 0.712. The lowest BCUT2D eigenvalue weighted by Crippen LogP contribution is -2.25.